The Morgan fingerprint density at radius 3 is 1.79 bits per heavy atom. The standard InChI is InChI=1S/C17H24O11S/c1-6-7-29(22,23)17-16(27-12(5)21)15(26-11(4)20)14(25-10(3)19)13(28-17)8-24-9(2)18/h6,13-17H,1,7-8H2,2-5H3. The molecule has 0 aromatic heterocycles. The summed E-state index contributed by atoms with van der Waals surface area (Å²) in [5.41, 5.74) is -1.79. The molecule has 1 fully saturated rings. The number of esters is 4. The van der Waals surface area contributed by atoms with Crippen molar-refractivity contribution < 1.29 is 51.3 Å². The van der Waals surface area contributed by atoms with Crippen molar-refractivity contribution in [1.29, 1.82) is 0 Å². The molecular weight excluding hydrogens is 412 g/mol. The van der Waals surface area contributed by atoms with Gasteiger partial charge >= 0.3 is 23.9 Å². The maximum Gasteiger partial charge on any atom is 0.303 e. The highest BCUT2D eigenvalue weighted by molar-refractivity contribution is 7.92. The first-order chi connectivity index (χ1) is 13.4. The average molecular weight is 436 g/mol. The van der Waals surface area contributed by atoms with Gasteiger partial charge in [-0.15, -0.1) is 6.58 Å². The van der Waals surface area contributed by atoms with E-state index >= 15 is 0 Å². The number of hydrogen-bond donors (Lipinski definition) is 0. The number of hydrogen-bond acceptors (Lipinski definition) is 11. The first-order valence-corrected chi connectivity index (χ1v) is 10.2. The van der Waals surface area contributed by atoms with Gasteiger partial charge in [-0.1, -0.05) is 6.08 Å². The molecule has 1 rings (SSSR count). The summed E-state index contributed by atoms with van der Waals surface area (Å²) >= 11 is 0. The molecule has 29 heavy (non-hydrogen) atoms. The van der Waals surface area contributed by atoms with Gasteiger partial charge in [0.1, 0.15) is 12.7 Å². The van der Waals surface area contributed by atoms with Crippen LogP contribution in [-0.2, 0) is 52.7 Å². The molecule has 12 heteroatoms. The van der Waals surface area contributed by atoms with Crippen LogP contribution in [0, 0.1) is 0 Å². The van der Waals surface area contributed by atoms with E-state index in [9.17, 15) is 27.6 Å². The van der Waals surface area contributed by atoms with Gasteiger partial charge in [0.15, 0.2) is 33.6 Å². The molecule has 0 bridgehead atoms. The molecule has 1 saturated heterocycles. The molecule has 0 radical (unpaired) electrons. The quantitative estimate of drug-likeness (QED) is 0.280. The summed E-state index contributed by atoms with van der Waals surface area (Å²) in [5.74, 6) is -3.78. The lowest BCUT2D eigenvalue weighted by atomic mass is 9.99. The highest BCUT2D eigenvalue weighted by Gasteiger charge is 2.55. The first-order valence-electron chi connectivity index (χ1n) is 8.52. The van der Waals surface area contributed by atoms with Crippen LogP contribution in [0.2, 0.25) is 0 Å². The Bertz CT molecular complexity index is 757. The lowest BCUT2D eigenvalue weighted by Crippen LogP contribution is -2.64. The molecule has 0 saturated carbocycles. The fourth-order valence-electron chi connectivity index (χ4n) is 2.74. The van der Waals surface area contributed by atoms with E-state index in [2.05, 4.69) is 6.58 Å². The van der Waals surface area contributed by atoms with Crippen molar-refractivity contribution >= 4 is 33.7 Å². The second-order valence-corrected chi connectivity index (χ2v) is 8.31. The Hall–Kier alpha value is -2.47. The summed E-state index contributed by atoms with van der Waals surface area (Å²) in [6.07, 6.45) is -4.79. The maximum atomic E-state index is 12.7. The molecule has 0 aromatic carbocycles. The van der Waals surface area contributed by atoms with Gasteiger partial charge in [-0.05, 0) is 0 Å². The molecule has 1 aliphatic rings. The lowest BCUT2D eigenvalue weighted by Gasteiger charge is -2.43. The molecule has 0 amide bonds. The topological polar surface area (TPSA) is 149 Å². The summed E-state index contributed by atoms with van der Waals surface area (Å²) in [6.45, 7) is 7.10. The molecule has 0 aromatic rings. The van der Waals surface area contributed by atoms with E-state index in [1.54, 1.807) is 0 Å². The van der Waals surface area contributed by atoms with Gasteiger partial charge in [0.25, 0.3) is 0 Å². The van der Waals surface area contributed by atoms with Crippen LogP contribution in [0.1, 0.15) is 27.7 Å². The zero-order valence-corrected chi connectivity index (χ0v) is 17.3. The first kappa shape index (κ1) is 24.6. The van der Waals surface area contributed by atoms with E-state index in [1.807, 2.05) is 0 Å². The Labute approximate surface area is 168 Å². The minimum absolute atomic E-state index is 0.502. The Morgan fingerprint density at radius 1 is 0.862 bits per heavy atom. The summed E-state index contributed by atoms with van der Waals surface area (Å²) in [7, 11) is -4.11. The van der Waals surface area contributed by atoms with Gasteiger partial charge in [-0.3, -0.25) is 19.2 Å². The zero-order chi connectivity index (χ0) is 22.4. The van der Waals surface area contributed by atoms with Crippen molar-refractivity contribution in [3.05, 3.63) is 12.7 Å². The molecule has 1 aliphatic heterocycles. The minimum atomic E-state index is -4.11. The molecule has 0 spiro atoms. The summed E-state index contributed by atoms with van der Waals surface area (Å²) in [4.78, 5) is 46.0. The van der Waals surface area contributed by atoms with Gasteiger partial charge in [-0.25, -0.2) is 8.42 Å². The van der Waals surface area contributed by atoms with Crippen molar-refractivity contribution in [2.75, 3.05) is 12.4 Å². The molecule has 1 heterocycles. The molecule has 0 N–H and O–H groups in total. The Balaban J connectivity index is 3.49. The van der Waals surface area contributed by atoms with E-state index in [1.165, 1.54) is 0 Å². The van der Waals surface area contributed by atoms with Crippen molar-refractivity contribution in [2.24, 2.45) is 0 Å². The fourth-order valence-corrected chi connectivity index (χ4v) is 4.19. The molecule has 11 nitrogen and oxygen atoms in total. The van der Waals surface area contributed by atoms with Crippen LogP contribution in [0.5, 0.6) is 0 Å². The maximum absolute atomic E-state index is 12.7. The third-order valence-corrected chi connectivity index (χ3v) is 5.44. The van der Waals surface area contributed by atoms with Crippen molar-refractivity contribution in [3.63, 3.8) is 0 Å². The third kappa shape index (κ3) is 7.13. The second-order valence-electron chi connectivity index (χ2n) is 6.19. The number of sulfone groups is 1. The van der Waals surface area contributed by atoms with E-state index in [0.717, 1.165) is 33.8 Å². The molecule has 0 aliphatic carbocycles. The Morgan fingerprint density at radius 2 is 1.34 bits per heavy atom. The van der Waals surface area contributed by atoms with Crippen LogP contribution in [-0.4, -0.2) is 74.5 Å². The SMILES string of the molecule is C=CCS(=O)(=O)C1OC(COC(C)=O)C(OC(C)=O)C(OC(C)=O)C1OC(C)=O. The highest BCUT2D eigenvalue weighted by atomic mass is 32.2. The van der Waals surface area contributed by atoms with Crippen LogP contribution in [0.4, 0.5) is 0 Å². The van der Waals surface area contributed by atoms with Crippen LogP contribution in [0.25, 0.3) is 0 Å². The summed E-state index contributed by atoms with van der Waals surface area (Å²) < 4.78 is 51.1. The van der Waals surface area contributed by atoms with Gasteiger partial charge in [0.2, 0.25) is 0 Å². The van der Waals surface area contributed by atoms with Gasteiger partial charge in [0, 0.05) is 27.7 Å². The largest absolute Gasteiger partial charge is 0.463 e. The summed E-state index contributed by atoms with van der Waals surface area (Å²) in [6, 6.07) is 0. The summed E-state index contributed by atoms with van der Waals surface area (Å²) in [5, 5.41) is 0. The van der Waals surface area contributed by atoms with Crippen LogP contribution in [0.3, 0.4) is 0 Å². The van der Waals surface area contributed by atoms with E-state index in [-0.39, 0.29) is 0 Å². The van der Waals surface area contributed by atoms with Gasteiger partial charge < -0.3 is 23.7 Å². The smallest absolute Gasteiger partial charge is 0.303 e. The predicted octanol–water partition coefficient (Wildman–Crippen LogP) is -0.330. The zero-order valence-electron chi connectivity index (χ0n) is 16.5. The molecule has 5 unspecified atom stereocenters. The van der Waals surface area contributed by atoms with E-state index in [4.69, 9.17) is 23.7 Å². The number of rotatable bonds is 8. The molecule has 5 atom stereocenters. The third-order valence-electron chi connectivity index (χ3n) is 3.65. The lowest BCUT2D eigenvalue weighted by molar-refractivity contribution is -0.238. The fraction of sp³-hybridized carbons (Fsp3) is 0.647. The number of carbonyl (C=O) groups is 4. The minimum Gasteiger partial charge on any atom is -0.463 e. The number of ether oxygens (including phenoxy) is 5. The number of carbonyl (C=O) groups excluding carboxylic acids is 4. The second kappa shape index (κ2) is 10.3. The van der Waals surface area contributed by atoms with Gasteiger partial charge in [-0.2, -0.15) is 0 Å². The van der Waals surface area contributed by atoms with Crippen molar-refractivity contribution in [2.45, 2.75) is 57.5 Å². The monoisotopic (exact) mass is 436 g/mol. The van der Waals surface area contributed by atoms with Gasteiger partial charge in [0.05, 0.1) is 5.75 Å². The van der Waals surface area contributed by atoms with Crippen molar-refractivity contribution in [3.8, 4) is 0 Å². The highest BCUT2D eigenvalue weighted by Crippen LogP contribution is 2.32. The molecular formula is C17H24O11S. The van der Waals surface area contributed by atoms with E-state index < -0.39 is 75.9 Å². The van der Waals surface area contributed by atoms with E-state index in [0.29, 0.717) is 0 Å². The average Bonchev–Trinajstić information content (AvgIpc) is 2.55. The van der Waals surface area contributed by atoms with Crippen LogP contribution >= 0.6 is 0 Å². The Kier molecular flexibility index (Phi) is 8.77. The normalized spacial score (nSPS) is 26.7. The molecule has 164 valence electrons. The predicted molar refractivity (Wildman–Crippen MR) is 95.9 cm³/mol. The van der Waals surface area contributed by atoms with Crippen LogP contribution in [0.15, 0.2) is 12.7 Å². The van der Waals surface area contributed by atoms with Crippen LogP contribution < -0.4 is 0 Å². The van der Waals surface area contributed by atoms with Crippen molar-refractivity contribution in [1.82, 2.24) is 0 Å².